The Kier molecular flexibility index (Phi) is 2.60. The first-order valence-corrected chi connectivity index (χ1v) is 5.09. The number of rotatable bonds is 2. The van der Waals surface area contributed by atoms with Crippen LogP contribution in [0.3, 0.4) is 0 Å². The molecular formula is C11H9NOS. The number of hydrogen-bond donors (Lipinski definition) is 1. The summed E-state index contributed by atoms with van der Waals surface area (Å²) >= 11 is 1.71. The molecule has 0 aliphatic carbocycles. The smallest absolute Gasteiger partial charge is 0.0733 e. The molecule has 2 aromatic rings. The summed E-state index contributed by atoms with van der Waals surface area (Å²) in [5.74, 6) is 0. The van der Waals surface area contributed by atoms with Crippen LogP contribution in [0.4, 0.5) is 0 Å². The molecule has 0 unspecified atom stereocenters. The van der Waals surface area contributed by atoms with E-state index in [4.69, 9.17) is 5.21 Å². The van der Waals surface area contributed by atoms with Crippen molar-refractivity contribution in [2.24, 2.45) is 5.16 Å². The third-order valence-corrected chi connectivity index (χ3v) is 2.84. The third kappa shape index (κ3) is 1.83. The highest BCUT2D eigenvalue weighted by Gasteiger charge is 1.97. The van der Waals surface area contributed by atoms with E-state index in [9.17, 15) is 0 Å². The van der Waals surface area contributed by atoms with Crippen LogP contribution in [-0.2, 0) is 0 Å². The van der Waals surface area contributed by atoms with Crippen molar-refractivity contribution in [2.75, 3.05) is 0 Å². The van der Waals surface area contributed by atoms with Gasteiger partial charge in [-0.25, -0.2) is 0 Å². The van der Waals surface area contributed by atoms with Crippen LogP contribution in [0.2, 0.25) is 0 Å². The van der Waals surface area contributed by atoms with Crippen molar-refractivity contribution in [3.8, 4) is 10.4 Å². The zero-order valence-electron chi connectivity index (χ0n) is 7.42. The molecule has 1 aromatic carbocycles. The second kappa shape index (κ2) is 4.07. The highest BCUT2D eigenvalue weighted by atomic mass is 32.1. The summed E-state index contributed by atoms with van der Waals surface area (Å²) in [6, 6.07) is 12.0. The molecule has 0 radical (unpaired) electrons. The van der Waals surface area contributed by atoms with Crippen LogP contribution in [0.15, 0.2) is 46.9 Å². The summed E-state index contributed by atoms with van der Waals surface area (Å²) in [6.45, 7) is 0. The topological polar surface area (TPSA) is 32.6 Å². The molecule has 0 amide bonds. The standard InChI is InChI=1S/C11H9NOS/c13-12-8-9-3-5-10(6-4-9)11-2-1-7-14-11/h1-8,13H/b12-8+. The first-order chi connectivity index (χ1) is 6.90. The lowest BCUT2D eigenvalue weighted by molar-refractivity contribution is 0.322. The van der Waals surface area contributed by atoms with Gasteiger partial charge in [-0.1, -0.05) is 35.5 Å². The van der Waals surface area contributed by atoms with Gasteiger partial charge >= 0.3 is 0 Å². The van der Waals surface area contributed by atoms with Crippen molar-refractivity contribution in [3.63, 3.8) is 0 Å². The highest BCUT2D eigenvalue weighted by Crippen LogP contribution is 2.24. The Balaban J connectivity index is 2.31. The average molecular weight is 203 g/mol. The molecule has 3 heteroatoms. The number of hydrogen-bond acceptors (Lipinski definition) is 3. The van der Waals surface area contributed by atoms with E-state index in [0.717, 1.165) is 5.56 Å². The zero-order valence-corrected chi connectivity index (χ0v) is 8.24. The van der Waals surface area contributed by atoms with Gasteiger partial charge in [-0.3, -0.25) is 0 Å². The molecule has 1 heterocycles. The lowest BCUT2D eigenvalue weighted by Gasteiger charge is -1.97. The molecule has 1 aromatic heterocycles. The normalized spacial score (nSPS) is 10.9. The molecule has 0 aliphatic heterocycles. The molecule has 0 aliphatic rings. The number of nitrogens with zero attached hydrogens (tertiary/aromatic N) is 1. The van der Waals surface area contributed by atoms with E-state index in [1.807, 2.05) is 30.3 Å². The second-order valence-electron chi connectivity index (χ2n) is 2.84. The van der Waals surface area contributed by atoms with E-state index >= 15 is 0 Å². The maximum absolute atomic E-state index is 8.34. The van der Waals surface area contributed by atoms with Gasteiger partial charge in [0, 0.05) is 4.88 Å². The Bertz CT molecular complexity index is 417. The molecule has 0 spiro atoms. The summed E-state index contributed by atoms with van der Waals surface area (Å²) in [7, 11) is 0. The summed E-state index contributed by atoms with van der Waals surface area (Å²) in [4.78, 5) is 1.25. The Morgan fingerprint density at radius 3 is 2.50 bits per heavy atom. The quantitative estimate of drug-likeness (QED) is 0.453. The van der Waals surface area contributed by atoms with E-state index in [2.05, 4.69) is 16.6 Å². The third-order valence-electron chi connectivity index (χ3n) is 1.92. The van der Waals surface area contributed by atoms with E-state index in [1.54, 1.807) is 11.3 Å². The van der Waals surface area contributed by atoms with Gasteiger partial charge in [0.1, 0.15) is 0 Å². The van der Waals surface area contributed by atoms with Crippen LogP contribution in [0.1, 0.15) is 5.56 Å². The number of thiophene rings is 1. The molecule has 14 heavy (non-hydrogen) atoms. The predicted molar refractivity (Wildman–Crippen MR) is 59.1 cm³/mol. The molecule has 70 valence electrons. The molecule has 0 fully saturated rings. The van der Waals surface area contributed by atoms with Crippen molar-refractivity contribution in [1.29, 1.82) is 0 Å². The van der Waals surface area contributed by atoms with Crippen LogP contribution >= 0.6 is 11.3 Å². The summed E-state index contributed by atoms with van der Waals surface area (Å²) < 4.78 is 0. The van der Waals surface area contributed by atoms with Crippen LogP contribution in [-0.4, -0.2) is 11.4 Å². The minimum atomic E-state index is 0.896. The van der Waals surface area contributed by atoms with Crippen LogP contribution in [0, 0.1) is 0 Å². The molecule has 0 saturated heterocycles. The average Bonchev–Trinajstić information content (AvgIpc) is 2.72. The van der Waals surface area contributed by atoms with Crippen molar-refractivity contribution >= 4 is 17.6 Å². The van der Waals surface area contributed by atoms with Gasteiger partial charge in [-0.05, 0) is 22.6 Å². The molecule has 2 nitrogen and oxygen atoms in total. The predicted octanol–water partition coefficient (Wildman–Crippen LogP) is 3.22. The lowest BCUT2D eigenvalue weighted by Crippen LogP contribution is -1.80. The van der Waals surface area contributed by atoms with Gasteiger partial charge < -0.3 is 5.21 Å². The van der Waals surface area contributed by atoms with Crippen molar-refractivity contribution < 1.29 is 5.21 Å². The second-order valence-corrected chi connectivity index (χ2v) is 3.79. The monoisotopic (exact) mass is 203 g/mol. The number of benzene rings is 1. The number of oxime groups is 1. The Morgan fingerprint density at radius 1 is 1.14 bits per heavy atom. The minimum absolute atomic E-state index is 0.896. The van der Waals surface area contributed by atoms with Gasteiger partial charge in [-0.2, -0.15) is 0 Å². The van der Waals surface area contributed by atoms with Crippen LogP contribution in [0.5, 0.6) is 0 Å². The van der Waals surface area contributed by atoms with E-state index in [1.165, 1.54) is 16.7 Å². The van der Waals surface area contributed by atoms with Crippen LogP contribution in [0.25, 0.3) is 10.4 Å². The maximum atomic E-state index is 8.34. The van der Waals surface area contributed by atoms with Gasteiger partial charge in [0.25, 0.3) is 0 Å². The minimum Gasteiger partial charge on any atom is -0.411 e. The van der Waals surface area contributed by atoms with E-state index < -0.39 is 0 Å². The Labute approximate surface area is 86.1 Å². The fraction of sp³-hybridized carbons (Fsp3) is 0. The fourth-order valence-corrected chi connectivity index (χ4v) is 1.98. The lowest BCUT2D eigenvalue weighted by atomic mass is 10.1. The van der Waals surface area contributed by atoms with E-state index in [0.29, 0.717) is 0 Å². The Hall–Kier alpha value is -1.61. The van der Waals surface area contributed by atoms with Crippen molar-refractivity contribution in [3.05, 3.63) is 47.3 Å². The summed E-state index contributed by atoms with van der Waals surface area (Å²) in [6.07, 6.45) is 1.41. The van der Waals surface area contributed by atoms with Gasteiger partial charge in [0.15, 0.2) is 0 Å². The van der Waals surface area contributed by atoms with Gasteiger partial charge in [0.05, 0.1) is 6.21 Å². The molecule has 0 atom stereocenters. The molecule has 0 saturated carbocycles. The fourth-order valence-electron chi connectivity index (χ4n) is 1.24. The SMILES string of the molecule is O/N=C/c1ccc(-c2cccs2)cc1. The van der Waals surface area contributed by atoms with Crippen LogP contribution < -0.4 is 0 Å². The molecular weight excluding hydrogens is 194 g/mol. The first kappa shape index (κ1) is 8.97. The largest absolute Gasteiger partial charge is 0.411 e. The van der Waals surface area contributed by atoms with Crippen molar-refractivity contribution in [2.45, 2.75) is 0 Å². The molecule has 2 rings (SSSR count). The Morgan fingerprint density at radius 2 is 1.93 bits per heavy atom. The van der Waals surface area contributed by atoms with Gasteiger partial charge in [-0.15, -0.1) is 11.3 Å². The molecule has 0 bridgehead atoms. The first-order valence-electron chi connectivity index (χ1n) is 4.21. The highest BCUT2D eigenvalue weighted by molar-refractivity contribution is 7.13. The summed E-state index contributed by atoms with van der Waals surface area (Å²) in [5, 5.41) is 13.4. The van der Waals surface area contributed by atoms with Crippen molar-refractivity contribution in [1.82, 2.24) is 0 Å². The summed E-state index contributed by atoms with van der Waals surface area (Å²) in [5.41, 5.74) is 2.09. The maximum Gasteiger partial charge on any atom is 0.0733 e. The zero-order chi connectivity index (χ0) is 9.80. The van der Waals surface area contributed by atoms with Gasteiger partial charge in [0.2, 0.25) is 0 Å². The van der Waals surface area contributed by atoms with E-state index in [-0.39, 0.29) is 0 Å². The molecule has 1 N–H and O–H groups in total.